The molecule has 1 N–H and O–H groups in total. The lowest BCUT2D eigenvalue weighted by Crippen LogP contribution is -2.13. The zero-order chi connectivity index (χ0) is 17.1. The smallest absolute Gasteiger partial charge is 0.258 e. The number of nitrogens with zero attached hydrogens (tertiary/aromatic N) is 4. The summed E-state index contributed by atoms with van der Waals surface area (Å²) in [6, 6.07) is 7.40. The number of anilines is 1. The van der Waals surface area contributed by atoms with Crippen LogP contribution in [0.4, 0.5) is 5.13 Å². The molecule has 3 aromatic rings. The Morgan fingerprint density at radius 3 is 2.79 bits per heavy atom. The summed E-state index contributed by atoms with van der Waals surface area (Å²) in [6.07, 6.45) is 3.56. The third kappa shape index (κ3) is 3.65. The minimum absolute atomic E-state index is 0.217. The Bertz CT molecular complexity index is 856. The van der Waals surface area contributed by atoms with E-state index < -0.39 is 0 Å². The van der Waals surface area contributed by atoms with Crippen molar-refractivity contribution in [1.82, 2.24) is 19.7 Å². The van der Waals surface area contributed by atoms with Crippen LogP contribution in [-0.2, 0) is 7.05 Å². The molecule has 2 heterocycles. The summed E-state index contributed by atoms with van der Waals surface area (Å²) in [4.78, 5) is 17.0. The van der Waals surface area contributed by atoms with Gasteiger partial charge < -0.3 is 4.57 Å². The van der Waals surface area contributed by atoms with E-state index >= 15 is 0 Å². The molecule has 24 heavy (non-hydrogen) atoms. The van der Waals surface area contributed by atoms with Gasteiger partial charge in [-0.05, 0) is 6.07 Å². The van der Waals surface area contributed by atoms with Crippen LogP contribution in [0.5, 0.6) is 0 Å². The molecule has 6 nitrogen and oxygen atoms in total. The molecule has 0 unspecified atom stereocenters. The number of carbonyl (C=O) groups is 1. The van der Waals surface area contributed by atoms with Gasteiger partial charge in [-0.3, -0.25) is 10.1 Å². The molecule has 0 saturated heterocycles. The van der Waals surface area contributed by atoms with Gasteiger partial charge in [-0.2, -0.15) is 0 Å². The SMILES string of the molecule is CC(C)Sc1nnc(NC(=O)c2ccccc2-c2nccn2C)s1. The molecule has 0 aliphatic carbocycles. The summed E-state index contributed by atoms with van der Waals surface area (Å²) < 4.78 is 2.73. The van der Waals surface area contributed by atoms with Crippen LogP contribution in [0, 0.1) is 0 Å². The van der Waals surface area contributed by atoms with Crippen molar-refractivity contribution in [3.63, 3.8) is 0 Å². The van der Waals surface area contributed by atoms with Gasteiger partial charge in [-0.25, -0.2) is 4.98 Å². The summed E-state index contributed by atoms with van der Waals surface area (Å²) in [5, 5.41) is 11.9. The molecule has 0 aliphatic rings. The maximum atomic E-state index is 12.7. The number of amides is 1. The average Bonchev–Trinajstić information content (AvgIpc) is 3.15. The largest absolute Gasteiger partial charge is 0.334 e. The molecular weight excluding hydrogens is 342 g/mol. The molecule has 0 radical (unpaired) electrons. The molecule has 1 amide bonds. The minimum Gasteiger partial charge on any atom is -0.334 e. The molecule has 1 aromatic carbocycles. The van der Waals surface area contributed by atoms with Gasteiger partial charge in [0.15, 0.2) is 4.34 Å². The Balaban J connectivity index is 1.83. The first-order valence-electron chi connectivity index (χ1n) is 7.43. The summed E-state index contributed by atoms with van der Waals surface area (Å²) in [6.45, 7) is 4.18. The highest BCUT2D eigenvalue weighted by atomic mass is 32.2. The lowest BCUT2D eigenvalue weighted by Gasteiger charge is -2.08. The summed E-state index contributed by atoms with van der Waals surface area (Å²) >= 11 is 3.00. The Kier molecular flexibility index (Phi) is 4.96. The molecule has 0 fully saturated rings. The molecule has 3 rings (SSSR count). The Morgan fingerprint density at radius 1 is 1.29 bits per heavy atom. The fraction of sp³-hybridized carbons (Fsp3) is 0.250. The highest BCUT2D eigenvalue weighted by Crippen LogP contribution is 2.29. The first-order chi connectivity index (χ1) is 11.5. The monoisotopic (exact) mass is 359 g/mol. The number of benzene rings is 1. The molecule has 0 bridgehead atoms. The van der Waals surface area contributed by atoms with Gasteiger partial charge in [0.1, 0.15) is 5.82 Å². The number of aromatic nitrogens is 4. The normalized spacial score (nSPS) is 11.0. The first kappa shape index (κ1) is 16.7. The van der Waals surface area contributed by atoms with E-state index in [0.29, 0.717) is 15.9 Å². The molecule has 2 aromatic heterocycles. The number of hydrogen-bond donors (Lipinski definition) is 1. The predicted octanol–water partition coefficient (Wildman–Crippen LogP) is 3.69. The van der Waals surface area contributed by atoms with Gasteiger partial charge in [0, 0.05) is 30.3 Å². The van der Waals surface area contributed by atoms with E-state index in [-0.39, 0.29) is 5.91 Å². The van der Waals surface area contributed by atoms with E-state index in [1.54, 1.807) is 24.0 Å². The number of aryl methyl sites for hydroxylation is 1. The van der Waals surface area contributed by atoms with Crippen molar-refractivity contribution in [2.45, 2.75) is 23.4 Å². The van der Waals surface area contributed by atoms with Gasteiger partial charge in [0.2, 0.25) is 5.13 Å². The fourth-order valence-electron chi connectivity index (χ4n) is 2.18. The molecule has 0 saturated carbocycles. The number of carbonyl (C=O) groups excluding carboxylic acids is 1. The zero-order valence-electron chi connectivity index (χ0n) is 13.6. The van der Waals surface area contributed by atoms with Gasteiger partial charge in [0.25, 0.3) is 5.91 Å². The van der Waals surface area contributed by atoms with Crippen molar-refractivity contribution >= 4 is 34.1 Å². The van der Waals surface area contributed by atoms with Gasteiger partial charge in [0.05, 0.1) is 5.56 Å². The van der Waals surface area contributed by atoms with Crippen LogP contribution in [0.3, 0.4) is 0 Å². The van der Waals surface area contributed by atoms with Crippen LogP contribution in [0.2, 0.25) is 0 Å². The van der Waals surface area contributed by atoms with Gasteiger partial charge in [-0.15, -0.1) is 10.2 Å². The third-order valence-electron chi connectivity index (χ3n) is 3.20. The number of rotatable bonds is 5. The average molecular weight is 359 g/mol. The number of nitrogens with one attached hydrogen (secondary N) is 1. The van der Waals surface area contributed by atoms with Crippen molar-refractivity contribution in [2.75, 3.05) is 5.32 Å². The number of thioether (sulfide) groups is 1. The van der Waals surface area contributed by atoms with Gasteiger partial charge in [-0.1, -0.05) is 55.1 Å². The minimum atomic E-state index is -0.217. The lowest BCUT2D eigenvalue weighted by molar-refractivity contribution is 0.102. The van der Waals surface area contributed by atoms with Crippen molar-refractivity contribution in [3.8, 4) is 11.4 Å². The van der Waals surface area contributed by atoms with E-state index in [1.165, 1.54) is 11.3 Å². The Hall–Kier alpha value is -2.19. The molecule has 0 aliphatic heterocycles. The van der Waals surface area contributed by atoms with Crippen LogP contribution in [0.15, 0.2) is 41.0 Å². The quantitative estimate of drug-likeness (QED) is 0.555. The van der Waals surface area contributed by atoms with Crippen LogP contribution >= 0.6 is 23.1 Å². The second-order valence-electron chi connectivity index (χ2n) is 5.40. The van der Waals surface area contributed by atoms with Crippen LogP contribution < -0.4 is 5.32 Å². The second kappa shape index (κ2) is 7.14. The van der Waals surface area contributed by atoms with Crippen molar-refractivity contribution in [3.05, 3.63) is 42.2 Å². The predicted molar refractivity (Wildman–Crippen MR) is 97.5 cm³/mol. The summed E-state index contributed by atoms with van der Waals surface area (Å²) in [5.74, 6) is 0.528. The zero-order valence-corrected chi connectivity index (χ0v) is 15.2. The van der Waals surface area contributed by atoms with Crippen molar-refractivity contribution in [1.29, 1.82) is 0 Å². The fourth-order valence-corrected chi connectivity index (χ4v) is 4.15. The Labute approximate surface area is 148 Å². The number of hydrogen-bond acceptors (Lipinski definition) is 6. The van der Waals surface area contributed by atoms with Gasteiger partial charge >= 0.3 is 0 Å². The topological polar surface area (TPSA) is 72.7 Å². The van der Waals surface area contributed by atoms with E-state index in [4.69, 9.17) is 0 Å². The van der Waals surface area contributed by atoms with E-state index in [2.05, 4.69) is 34.3 Å². The second-order valence-corrected chi connectivity index (χ2v) is 8.20. The van der Waals surface area contributed by atoms with E-state index in [9.17, 15) is 4.79 Å². The van der Waals surface area contributed by atoms with Crippen LogP contribution in [-0.4, -0.2) is 30.9 Å². The van der Waals surface area contributed by atoms with Crippen LogP contribution in [0.1, 0.15) is 24.2 Å². The molecular formula is C16H17N5OS2. The molecule has 0 atom stereocenters. The van der Waals surface area contributed by atoms with Crippen molar-refractivity contribution < 1.29 is 4.79 Å². The maximum absolute atomic E-state index is 12.7. The third-order valence-corrected chi connectivity index (χ3v) is 5.12. The van der Waals surface area contributed by atoms with Crippen molar-refractivity contribution in [2.24, 2.45) is 7.05 Å². The summed E-state index contributed by atoms with van der Waals surface area (Å²) in [5.41, 5.74) is 1.34. The summed E-state index contributed by atoms with van der Waals surface area (Å²) in [7, 11) is 1.90. The lowest BCUT2D eigenvalue weighted by atomic mass is 10.1. The Morgan fingerprint density at radius 2 is 2.08 bits per heavy atom. The highest BCUT2D eigenvalue weighted by Gasteiger charge is 2.17. The highest BCUT2D eigenvalue weighted by molar-refractivity contribution is 8.01. The standard InChI is InChI=1S/C16H17N5OS2/c1-10(2)23-16-20-19-15(24-16)18-14(22)12-7-5-4-6-11(12)13-17-8-9-21(13)3/h4-10H,1-3H3,(H,18,19,22). The van der Waals surface area contributed by atoms with E-state index in [1.807, 2.05) is 36.0 Å². The van der Waals surface area contributed by atoms with E-state index in [0.717, 1.165) is 15.7 Å². The van der Waals surface area contributed by atoms with Crippen LogP contribution in [0.25, 0.3) is 11.4 Å². The number of imidazole rings is 1. The first-order valence-corrected chi connectivity index (χ1v) is 9.12. The molecule has 8 heteroatoms. The maximum Gasteiger partial charge on any atom is 0.258 e. The molecule has 124 valence electrons. The molecule has 0 spiro atoms.